The molecule has 0 aliphatic carbocycles. The van der Waals surface area contributed by atoms with Crippen LogP contribution >= 0.6 is 0 Å². The first-order valence-corrected chi connectivity index (χ1v) is 5.93. The molecule has 0 aromatic heterocycles. The number of primary amides is 1. The van der Waals surface area contributed by atoms with Crippen molar-refractivity contribution in [3.05, 3.63) is 23.8 Å². The smallest absolute Gasteiger partial charge is 0.217 e. The number of rotatable bonds is 7. The second-order valence-corrected chi connectivity index (χ2v) is 4.17. The molecule has 1 amide bonds. The number of nitrogens with two attached hydrogens (primary N) is 1. The van der Waals surface area contributed by atoms with Crippen LogP contribution in [0.1, 0.15) is 31.4 Å². The normalized spacial score (nSPS) is 12.1. The molecule has 0 saturated heterocycles. The summed E-state index contributed by atoms with van der Waals surface area (Å²) in [5.74, 6) is 0.632. The van der Waals surface area contributed by atoms with Crippen molar-refractivity contribution in [3.8, 4) is 11.5 Å². The zero-order valence-electron chi connectivity index (χ0n) is 10.8. The number of carbonyl (C=O) groups is 1. The van der Waals surface area contributed by atoms with Crippen molar-refractivity contribution >= 4 is 5.91 Å². The largest absolute Gasteiger partial charge is 0.508 e. The van der Waals surface area contributed by atoms with E-state index >= 15 is 0 Å². The molecule has 1 aromatic carbocycles. The maximum absolute atomic E-state index is 10.6. The van der Waals surface area contributed by atoms with E-state index in [-0.39, 0.29) is 17.7 Å². The zero-order chi connectivity index (χ0) is 13.5. The average Bonchev–Trinajstić information content (AvgIpc) is 2.34. The van der Waals surface area contributed by atoms with Crippen LogP contribution in [0.5, 0.6) is 11.5 Å². The van der Waals surface area contributed by atoms with Crippen molar-refractivity contribution in [1.82, 2.24) is 5.32 Å². The van der Waals surface area contributed by atoms with Crippen LogP contribution in [0.4, 0.5) is 0 Å². The number of hydrogen-bond donors (Lipinski definition) is 3. The number of hydrogen-bond acceptors (Lipinski definition) is 4. The van der Waals surface area contributed by atoms with Gasteiger partial charge in [-0.3, -0.25) is 4.79 Å². The maximum atomic E-state index is 10.6. The number of aromatic hydroxyl groups is 1. The third-order valence-electron chi connectivity index (χ3n) is 2.75. The van der Waals surface area contributed by atoms with Crippen LogP contribution in [0.3, 0.4) is 0 Å². The Hall–Kier alpha value is -1.75. The van der Waals surface area contributed by atoms with E-state index in [0.717, 1.165) is 5.56 Å². The summed E-state index contributed by atoms with van der Waals surface area (Å²) in [6.45, 7) is 2.61. The molecular weight excluding hydrogens is 232 g/mol. The Morgan fingerprint density at radius 3 is 2.89 bits per heavy atom. The van der Waals surface area contributed by atoms with Gasteiger partial charge in [-0.05, 0) is 38.1 Å². The summed E-state index contributed by atoms with van der Waals surface area (Å²) in [5, 5.41) is 13.0. The summed E-state index contributed by atoms with van der Waals surface area (Å²) in [6, 6.07) is 5.09. The van der Waals surface area contributed by atoms with Gasteiger partial charge in [0.15, 0.2) is 0 Å². The summed E-state index contributed by atoms with van der Waals surface area (Å²) in [6.07, 6.45) is 1.05. The van der Waals surface area contributed by atoms with Crippen molar-refractivity contribution in [3.63, 3.8) is 0 Å². The Balaban J connectivity index is 2.55. The average molecular weight is 252 g/mol. The first-order valence-electron chi connectivity index (χ1n) is 5.93. The lowest BCUT2D eigenvalue weighted by Crippen LogP contribution is -2.21. The molecule has 4 N–H and O–H groups in total. The van der Waals surface area contributed by atoms with Crippen LogP contribution in [0.15, 0.2) is 18.2 Å². The summed E-state index contributed by atoms with van der Waals surface area (Å²) >= 11 is 0. The molecular formula is C13H20N2O3. The number of nitrogens with one attached hydrogen (secondary N) is 1. The molecule has 1 atom stereocenters. The van der Waals surface area contributed by atoms with Crippen LogP contribution in [0, 0.1) is 0 Å². The summed E-state index contributed by atoms with van der Waals surface area (Å²) in [4.78, 5) is 10.6. The zero-order valence-corrected chi connectivity index (χ0v) is 10.8. The summed E-state index contributed by atoms with van der Waals surface area (Å²) < 4.78 is 5.12. The lowest BCUT2D eigenvalue weighted by molar-refractivity contribution is -0.118. The molecule has 0 heterocycles. The van der Waals surface area contributed by atoms with E-state index in [1.807, 2.05) is 6.92 Å². The fourth-order valence-corrected chi connectivity index (χ4v) is 1.70. The van der Waals surface area contributed by atoms with Gasteiger partial charge in [-0.2, -0.15) is 0 Å². The highest BCUT2D eigenvalue weighted by molar-refractivity contribution is 5.73. The highest BCUT2D eigenvalue weighted by Crippen LogP contribution is 2.28. The number of ether oxygens (including phenoxy) is 1. The van der Waals surface area contributed by atoms with Gasteiger partial charge in [0.1, 0.15) is 11.5 Å². The van der Waals surface area contributed by atoms with Crippen LogP contribution in [0.25, 0.3) is 0 Å². The molecule has 18 heavy (non-hydrogen) atoms. The Morgan fingerprint density at radius 2 is 2.28 bits per heavy atom. The van der Waals surface area contributed by atoms with Crippen LogP contribution in [-0.2, 0) is 4.79 Å². The molecule has 0 aliphatic heterocycles. The highest BCUT2D eigenvalue weighted by Gasteiger charge is 2.11. The molecule has 5 heteroatoms. The number of methoxy groups -OCH3 is 1. The number of phenolic OH excluding ortho intramolecular Hbond substituents is 1. The minimum absolute atomic E-state index is 0.0204. The van der Waals surface area contributed by atoms with Gasteiger partial charge in [0.2, 0.25) is 5.91 Å². The van der Waals surface area contributed by atoms with Gasteiger partial charge in [0.25, 0.3) is 0 Å². The minimum atomic E-state index is -0.298. The molecule has 1 aromatic rings. The lowest BCUT2D eigenvalue weighted by atomic mass is 10.1. The van der Waals surface area contributed by atoms with Crippen LogP contribution in [-0.4, -0.2) is 24.7 Å². The van der Waals surface area contributed by atoms with E-state index in [2.05, 4.69) is 5.32 Å². The quantitative estimate of drug-likeness (QED) is 0.639. The number of amides is 1. The van der Waals surface area contributed by atoms with Crippen LogP contribution in [0.2, 0.25) is 0 Å². The number of benzene rings is 1. The molecule has 0 bridgehead atoms. The monoisotopic (exact) mass is 252 g/mol. The molecule has 1 unspecified atom stereocenters. The fourth-order valence-electron chi connectivity index (χ4n) is 1.70. The van der Waals surface area contributed by atoms with Crippen LogP contribution < -0.4 is 15.8 Å². The lowest BCUT2D eigenvalue weighted by Gasteiger charge is -2.16. The van der Waals surface area contributed by atoms with Gasteiger partial charge in [-0.15, -0.1) is 0 Å². The molecule has 100 valence electrons. The Morgan fingerprint density at radius 1 is 1.56 bits per heavy atom. The van der Waals surface area contributed by atoms with E-state index in [1.54, 1.807) is 25.3 Å². The first-order chi connectivity index (χ1) is 8.54. The third kappa shape index (κ3) is 4.25. The first kappa shape index (κ1) is 14.3. The molecule has 0 fully saturated rings. The second-order valence-electron chi connectivity index (χ2n) is 4.17. The second kappa shape index (κ2) is 6.86. The van der Waals surface area contributed by atoms with E-state index in [4.69, 9.17) is 10.5 Å². The molecule has 0 aliphatic rings. The van der Waals surface area contributed by atoms with E-state index < -0.39 is 0 Å². The fraction of sp³-hybridized carbons (Fsp3) is 0.462. The summed E-state index contributed by atoms with van der Waals surface area (Å²) in [7, 11) is 1.58. The van der Waals surface area contributed by atoms with E-state index in [0.29, 0.717) is 25.1 Å². The molecule has 0 saturated carbocycles. The van der Waals surface area contributed by atoms with Crippen molar-refractivity contribution in [2.24, 2.45) is 5.73 Å². The molecule has 5 nitrogen and oxygen atoms in total. The predicted molar refractivity (Wildman–Crippen MR) is 69.5 cm³/mol. The predicted octanol–water partition coefficient (Wildman–Crippen LogP) is 1.32. The Labute approximate surface area is 107 Å². The standard InChI is InChI=1S/C13H20N2O3/c1-9(15-7-3-4-13(14)17)11-8-10(18-2)5-6-12(11)16/h5-6,8-9,15-16H,3-4,7H2,1-2H3,(H2,14,17). The SMILES string of the molecule is COc1ccc(O)c(C(C)NCCCC(N)=O)c1. The molecule has 0 radical (unpaired) electrons. The van der Waals surface area contributed by atoms with Crippen molar-refractivity contribution < 1.29 is 14.6 Å². The Bertz CT molecular complexity index is 407. The van der Waals surface area contributed by atoms with Crippen molar-refractivity contribution in [2.75, 3.05) is 13.7 Å². The van der Waals surface area contributed by atoms with Gasteiger partial charge < -0.3 is 20.9 Å². The van der Waals surface area contributed by atoms with Crippen molar-refractivity contribution in [1.29, 1.82) is 0 Å². The van der Waals surface area contributed by atoms with Crippen molar-refractivity contribution in [2.45, 2.75) is 25.8 Å². The number of phenols is 1. The minimum Gasteiger partial charge on any atom is -0.508 e. The maximum Gasteiger partial charge on any atom is 0.217 e. The van der Waals surface area contributed by atoms with E-state index in [1.165, 1.54) is 0 Å². The number of carbonyl (C=O) groups excluding carboxylic acids is 1. The third-order valence-corrected chi connectivity index (χ3v) is 2.75. The van der Waals surface area contributed by atoms with E-state index in [9.17, 15) is 9.90 Å². The molecule has 0 spiro atoms. The molecule has 1 rings (SSSR count). The Kier molecular flexibility index (Phi) is 5.45. The van der Waals surface area contributed by atoms with Gasteiger partial charge in [0.05, 0.1) is 7.11 Å². The van der Waals surface area contributed by atoms with Gasteiger partial charge in [-0.1, -0.05) is 0 Å². The summed E-state index contributed by atoms with van der Waals surface area (Å²) in [5.41, 5.74) is 5.83. The van der Waals surface area contributed by atoms with Gasteiger partial charge in [-0.25, -0.2) is 0 Å². The van der Waals surface area contributed by atoms with Gasteiger partial charge in [0, 0.05) is 18.0 Å². The topological polar surface area (TPSA) is 84.6 Å². The highest BCUT2D eigenvalue weighted by atomic mass is 16.5. The van der Waals surface area contributed by atoms with Gasteiger partial charge >= 0.3 is 0 Å².